The Bertz CT molecular complexity index is 1700. The second-order valence-corrected chi connectivity index (χ2v) is 23.1. The molecule has 0 bridgehead atoms. The van der Waals surface area contributed by atoms with E-state index in [0.29, 0.717) is 19.3 Å². The number of rotatable bonds is 63. The van der Waals surface area contributed by atoms with Crippen molar-refractivity contribution in [2.24, 2.45) is 0 Å². The summed E-state index contributed by atoms with van der Waals surface area (Å²) in [7, 11) is 0. The van der Waals surface area contributed by atoms with E-state index in [2.05, 4.69) is 142 Å². The zero-order valence-electron chi connectivity index (χ0n) is 54.4. The van der Waals surface area contributed by atoms with Crippen molar-refractivity contribution in [1.82, 2.24) is 0 Å². The predicted molar refractivity (Wildman–Crippen MR) is 362 cm³/mol. The van der Waals surface area contributed by atoms with Crippen LogP contribution in [0.15, 0.2) is 122 Å². The molecule has 0 radical (unpaired) electrons. The molecule has 0 saturated heterocycles. The molecule has 1 atom stereocenters. The van der Waals surface area contributed by atoms with Gasteiger partial charge in [0.15, 0.2) is 6.10 Å². The molecule has 83 heavy (non-hydrogen) atoms. The van der Waals surface area contributed by atoms with Crippen molar-refractivity contribution in [2.75, 3.05) is 13.2 Å². The van der Waals surface area contributed by atoms with Crippen molar-refractivity contribution in [3.63, 3.8) is 0 Å². The predicted octanol–water partition coefficient (Wildman–Crippen LogP) is 24.3. The van der Waals surface area contributed by atoms with Gasteiger partial charge in [-0.2, -0.15) is 0 Å². The van der Waals surface area contributed by atoms with E-state index in [1.807, 2.05) is 0 Å². The van der Waals surface area contributed by atoms with Crippen LogP contribution in [0.25, 0.3) is 0 Å². The lowest BCUT2D eigenvalue weighted by Crippen LogP contribution is -2.30. The number of esters is 3. The molecule has 474 valence electrons. The van der Waals surface area contributed by atoms with Crippen molar-refractivity contribution in [2.45, 2.75) is 335 Å². The monoisotopic (exact) mass is 1150 g/mol. The summed E-state index contributed by atoms with van der Waals surface area (Å²) in [5, 5.41) is 0. The summed E-state index contributed by atoms with van der Waals surface area (Å²) >= 11 is 0. The van der Waals surface area contributed by atoms with E-state index in [1.54, 1.807) is 0 Å². The Morgan fingerprint density at radius 3 is 0.735 bits per heavy atom. The van der Waals surface area contributed by atoms with Gasteiger partial charge < -0.3 is 14.2 Å². The lowest BCUT2D eigenvalue weighted by Gasteiger charge is -2.18. The van der Waals surface area contributed by atoms with Crippen LogP contribution in [0.4, 0.5) is 0 Å². The van der Waals surface area contributed by atoms with Gasteiger partial charge in [0.25, 0.3) is 0 Å². The molecule has 0 N–H and O–H groups in total. The molecule has 0 spiro atoms. The van der Waals surface area contributed by atoms with E-state index in [9.17, 15) is 14.4 Å². The average Bonchev–Trinajstić information content (AvgIpc) is 3.48. The van der Waals surface area contributed by atoms with E-state index in [1.165, 1.54) is 161 Å². The Kier molecular flexibility index (Phi) is 66.7. The first kappa shape index (κ1) is 78.8. The molecule has 0 aromatic rings. The maximum Gasteiger partial charge on any atom is 0.306 e. The van der Waals surface area contributed by atoms with E-state index < -0.39 is 6.10 Å². The van der Waals surface area contributed by atoms with E-state index >= 15 is 0 Å². The van der Waals surface area contributed by atoms with E-state index in [0.717, 1.165) is 128 Å². The Morgan fingerprint density at radius 1 is 0.253 bits per heavy atom. The standard InChI is InChI=1S/C77H130O6/c1-4-7-10-13-16-19-22-24-26-28-30-32-34-35-36-37-38-39-40-41-43-44-46-48-50-52-55-58-61-64-67-70-76(79)82-73-74(72-81-75(78)69-66-63-60-57-54-21-18-15-12-9-6-3)83-77(80)71-68-65-62-59-56-53-51-49-47-45-42-33-31-29-27-25-23-20-17-14-11-8-5-2/h7,10,16,19,23-26,29-32,35-36,38-39,41,43,46,48,74H,4-6,8-9,11-15,17-18,20-22,27-28,33-34,37,40,42,44-45,47,49-73H2,1-3H3/b10-7-,19-16-,25-23-,26-24-,31-29-,32-30-,36-35-,39-38-,43-41-,48-46-. The van der Waals surface area contributed by atoms with Gasteiger partial charge in [-0.05, 0) is 116 Å². The van der Waals surface area contributed by atoms with Crippen LogP contribution in [0.5, 0.6) is 0 Å². The number of allylic oxidation sites excluding steroid dienone is 20. The normalized spacial score (nSPS) is 12.9. The molecular weight excluding hydrogens is 1020 g/mol. The fourth-order valence-electron chi connectivity index (χ4n) is 9.73. The minimum Gasteiger partial charge on any atom is -0.462 e. The molecule has 6 heteroatoms. The number of ether oxygens (including phenoxy) is 3. The molecule has 0 aliphatic heterocycles. The Hall–Kier alpha value is -4.19. The topological polar surface area (TPSA) is 78.9 Å². The van der Waals surface area contributed by atoms with Gasteiger partial charge in [0.2, 0.25) is 0 Å². The van der Waals surface area contributed by atoms with Gasteiger partial charge in [0.1, 0.15) is 13.2 Å². The van der Waals surface area contributed by atoms with Gasteiger partial charge in [0.05, 0.1) is 0 Å². The quantitative estimate of drug-likeness (QED) is 0.0261. The van der Waals surface area contributed by atoms with Crippen molar-refractivity contribution in [3.8, 4) is 0 Å². The first-order valence-corrected chi connectivity index (χ1v) is 35.0. The van der Waals surface area contributed by atoms with Crippen LogP contribution in [0.1, 0.15) is 329 Å². The SMILES string of the molecule is CC/C=C\C/C=C\C/C=C\C/C=C\C/C=C\C/C=C\C/C=C\C/C=C\CCCCCCCCC(=O)OCC(COC(=O)CCCCCCCCCCCCC)OC(=O)CCCCCCCCCCCCC/C=C\C/C=C\CCCCCCC. The van der Waals surface area contributed by atoms with Crippen LogP contribution < -0.4 is 0 Å². The molecule has 0 rings (SSSR count). The molecule has 0 fully saturated rings. The highest BCUT2D eigenvalue weighted by Crippen LogP contribution is 2.16. The molecule has 0 amide bonds. The molecule has 6 nitrogen and oxygen atoms in total. The summed E-state index contributed by atoms with van der Waals surface area (Å²) < 4.78 is 16.9. The van der Waals surface area contributed by atoms with Gasteiger partial charge in [-0.1, -0.05) is 316 Å². The number of carbonyl (C=O) groups is 3. The number of hydrogen-bond donors (Lipinski definition) is 0. The van der Waals surface area contributed by atoms with Gasteiger partial charge >= 0.3 is 17.9 Å². The lowest BCUT2D eigenvalue weighted by molar-refractivity contribution is -0.167. The Morgan fingerprint density at radius 2 is 0.470 bits per heavy atom. The van der Waals surface area contributed by atoms with Crippen LogP contribution in [-0.4, -0.2) is 37.2 Å². The third-order valence-corrected chi connectivity index (χ3v) is 15.0. The van der Waals surface area contributed by atoms with Gasteiger partial charge in [-0.25, -0.2) is 0 Å². The van der Waals surface area contributed by atoms with Gasteiger partial charge in [-0.15, -0.1) is 0 Å². The third kappa shape index (κ3) is 68.5. The maximum atomic E-state index is 12.9. The summed E-state index contributed by atoms with van der Waals surface area (Å²) in [5.41, 5.74) is 0. The minimum atomic E-state index is -0.787. The van der Waals surface area contributed by atoms with E-state index in [4.69, 9.17) is 14.2 Å². The van der Waals surface area contributed by atoms with Crippen molar-refractivity contribution in [1.29, 1.82) is 0 Å². The highest BCUT2D eigenvalue weighted by atomic mass is 16.6. The second-order valence-electron chi connectivity index (χ2n) is 23.1. The zero-order chi connectivity index (χ0) is 59.9. The fourth-order valence-corrected chi connectivity index (χ4v) is 9.73. The summed E-state index contributed by atoms with van der Waals surface area (Å²) in [6.45, 7) is 6.52. The third-order valence-electron chi connectivity index (χ3n) is 15.0. The lowest BCUT2D eigenvalue weighted by atomic mass is 10.0. The van der Waals surface area contributed by atoms with Gasteiger partial charge in [0, 0.05) is 19.3 Å². The number of hydrogen-bond acceptors (Lipinski definition) is 6. The fraction of sp³-hybridized carbons (Fsp3) is 0.701. The molecule has 0 aliphatic rings. The molecule has 1 unspecified atom stereocenters. The minimum absolute atomic E-state index is 0.0822. The molecule has 0 aromatic carbocycles. The van der Waals surface area contributed by atoms with Crippen LogP contribution >= 0.6 is 0 Å². The summed E-state index contributed by atoms with van der Waals surface area (Å²) in [4.78, 5) is 38.4. The highest BCUT2D eigenvalue weighted by Gasteiger charge is 2.19. The highest BCUT2D eigenvalue weighted by molar-refractivity contribution is 5.71. The average molecular weight is 1150 g/mol. The van der Waals surface area contributed by atoms with Gasteiger partial charge in [-0.3, -0.25) is 14.4 Å². The molecule has 0 aromatic heterocycles. The summed E-state index contributed by atoms with van der Waals surface area (Å²) in [6.07, 6.45) is 97.9. The van der Waals surface area contributed by atoms with Crippen molar-refractivity contribution < 1.29 is 28.6 Å². The molecule has 0 aliphatic carbocycles. The zero-order valence-corrected chi connectivity index (χ0v) is 54.4. The smallest absolute Gasteiger partial charge is 0.306 e. The molecule has 0 heterocycles. The molecule has 0 saturated carbocycles. The van der Waals surface area contributed by atoms with Crippen LogP contribution in [-0.2, 0) is 28.6 Å². The first-order chi connectivity index (χ1) is 41.0. The largest absolute Gasteiger partial charge is 0.462 e. The maximum absolute atomic E-state index is 12.9. The van der Waals surface area contributed by atoms with Crippen molar-refractivity contribution >= 4 is 17.9 Å². The number of unbranched alkanes of at least 4 members (excludes halogenated alkanes) is 32. The Balaban J connectivity index is 4.29. The van der Waals surface area contributed by atoms with E-state index in [-0.39, 0.29) is 31.1 Å². The van der Waals surface area contributed by atoms with Crippen LogP contribution in [0, 0.1) is 0 Å². The number of carbonyl (C=O) groups excluding carboxylic acids is 3. The molecular formula is C77H130O6. The van der Waals surface area contributed by atoms with Crippen LogP contribution in [0.3, 0.4) is 0 Å². The first-order valence-electron chi connectivity index (χ1n) is 35.0. The second kappa shape index (κ2) is 70.3. The summed E-state index contributed by atoms with van der Waals surface area (Å²) in [6, 6.07) is 0. The van der Waals surface area contributed by atoms with Crippen LogP contribution in [0.2, 0.25) is 0 Å². The van der Waals surface area contributed by atoms with Crippen molar-refractivity contribution in [3.05, 3.63) is 122 Å². The Labute approximate surface area is 513 Å². The summed E-state index contributed by atoms with van der Waals surface area (Å²) in [5.74, 6) is -0.890.